The van der Waals surface area contributed by atoms with Crippen LogP contribution < -0.4 is 5.32 Å². The molecule has 0 bridgehead atoms. The lowest BCUT2D eigenvalue weighted by molar-refractivity contribution is -0.142. The highest BCUT2D eigenvalue weighted by Gasteiger charge is 2.30. The summed E-state index contributed by atoms with van der Waals surface area (Å²) in [6.45, 7) is 0. The molecule has 16 heavy (non-hydrogen) atoms. The smallest absolute Gasteiger partial charge is 0.322 e. The molecule has 2 rings (SSSR count). The molecule has 3 nitrogen and oxygen atoms in total. The zero-order valence-electron chi connectivity index (χ0n) is 9.07. The van der Waals surface area contributed by atoms with Gasteiger partial charge in [0.15, 0.2) is 0 Å². The number of hydrogen-bond donors (Lipinski definition) is 1. The van der Waals surface area contributed by atoms with Gasteiger partial charge in [0, 0.05) is 11.1 Å². The third-order valence-electron chi connectivity index (χ3n) is 2.88. The van der Waals surface area contributed by atoms with Crippen molar-refractivity contribution in [1.82, 2.24) is 5.32 Å². The van der Waals surface area contributed by atoms with E-state index in [4.69, 9.17) is 16.3 Å². The van der Waals surface area contributed by atoms with E-state index < -0.39 is 0 Å². The lowest BCUT2D eigenvalue weighted by Crippen LogP contribution is -2.33. The van der Waals surface area contributed by atoms with Crippen LogP contribution in [-0.4, -0.2) is 19.1 Å². The first-order valence-corrected chi connectivity index (χ1v) is 5.68. The van der Waals surface area contributed by atoms with Crippen molar-refractivity contribution in [1.29, 1.82) is 0 Å². The SMILES string of the molecule is COC(=O)[C@@H]1CC[C@H](c2cccc(Cl)c2)N1. The molecule has 1 saturated heterocycles. The van der Waals surface area contributed by atoms with Crippen molar-refractivity contribution in [2.24, 2.45) is 0 Å². The maximum absolute atomic E-state index is 11.3. The first-order chi connectivity index (χ1) is 7.70. The molecular weight excluding hydrogens is 226 g/mol. The molecule has 1 fully saturated rings. The highest BCUT2D eigenvalue weighted by molar-refractivity contribution is 6.30. The summed E-state index contributed by atoms with van der Waals surface area (Å²) in [6, 6.07) is 7.72. The number of carbonyl (C=O) groups excluding carboxylic acids is 1. The van der Waals surface area contributed by atoms with E-state index >= 15 is 0 Å². The van der Waals surface area contributed by atoms with Gasteiger partial charge < -0.3 is 4.74 Å². The van der Waals surface area contributed by atoms with E-state index in [-0.39, 0.29) is 18.1 Å². The molecule has 1 N–H and O–H groups in total. The Bertz CT molecular complexity index is 394. The number of ether oxygens (including phenoxy) is 1. The second-order valence-corrected chi connectivity index (χ2v) is 4.36. The number of esters is 1. The fraction of sp³-hybridized carbons (Fsp3) is 0.417. The van der Waals surface area contributed by atoms with Gasteiger partial charge in [-0.05, 0) is 30.5 Å². The Morgan fingerprint density at radius 2 is 2.31 bits per heavy atom. The molecule has 0 saturated carbocycles. The molecular formula is C12H14ClNO2. The van der Waals surface area contributed by atoms with Gasteiger partial charge in [-0.1, -0.05) is 23.7 Å². The molecule has 1 heterocycles. The van der Waals surface area contributed by atoms with Gasteiger partial charge >= 0.3 is 5.97 Å². The molecule has 4 heteroatoms. The predicted octanol–water partition coefficient (Wildman–Crippen LogP) is 2.31. The molecule has 1 aliphatic heterocycles. The summed E-state index contributed by atoms with van der Waals surface area (Å²) in [6.07, 6.45) is 1.74. The zero-order valence-corrected chi connectivity index (χ0v) is 9.83. The van der Waals surface area contributed by atoms with Crippen molar-refractivity contribution >= 4 is 17.6 Å². The van der Waals surface area contributed by atoms with E-state index in [1.807, 2.05) is 24.3 Å². The highest BCUT2D eigenvalue weighted by atomic mass is 35.5. The standard InChI is InChI=1S/C12H14ClNO2/c1-16-12(15)11-6-5-10(14-11)8-3-2-4-9(13)7-8/h2-4,7,10-11,14H,5-6H2,1H3/t10-,11+/m1/s1. The van der Waals surface area contributed by atoms with Crippen molar-refractivity contribution in [3.8, 4) is 0 Å². The third-order valence-corrected chi connectivity index (χ3v) is 3.12. The van der Waals surface area contributed by atoms with Crippen LogP contribution in [0.15, 0.2) is 24.3 Å². The van der Waals surface area contributed by atoms with Crippen LogP contribution >= 0.6 is 11.6 Å². The zero-order chi connectivity index (χ0) is 11.5. The van der Waals surface area contributed by atoms with Crippen molar-refractivity contribution < 1.29 is 9.53 Å². The maximum atomic E-state index is 11.3. The Labute approximate surface area is 99.7 Å². The molecule has 0 aromatic heterocycles. The number of methoxy groups -OCH3 is 1. The van der Waals surface area contributed by atoms with Gasteiger partial charge in [0.25, 0.3) is 0 Å². The molecule has 0 radical (unpaired) electrons. The Hall–Kier alpha value is -1.06. The van der Waals surface area contributed by atoms with Crippen molar-refractivity contribution in [2.45, 2.75) is 24.9 Å². The van der Waals surface area contributed by atoms with Gasteiger partial charge in [-0.2, -0.15) is 0 Å². The fourth-order valence-corrected chi connectivity index (χ4v) is 2.26. The summed E-state index contributed by atoms with van der Waals surface area (Å²) in [5, 5.41) is 3.97. The number of halogens is 1. The van der Waals surface area contributed by atoms with Crippen LogP contribution in [0, 0.1) is 0 Å². The van der Waals surface area contributed by atoms with Gasteiger partial charge in [0.05, 0.1) is 7.11 Å². The molecule has 1 aromatic rings. The molecule has 0 unspecified atom stereocenters. The van der Waals surface area contributed by atoms with Crippen molar-refractivity contribution in [2.75, 3.05) is 7.11 Å². The average Bonchev–Trinajstić information content (AvgIpc) is 2.77. The fourth-order valence-electron chi connectivity index (χ4n) is 2.06. The molecule has 86 valence electrons. The topological polar surface area (TPSA) is 38.3 Å². The normalized spacial score (nSPS) is 24.4. The van der Waals surface area contributed by atoms with Crippen LogP contribution in [0.3, 0.4) is 0 Å². The second kappa shape index (κ2) is 4.85. The Morgan fingerprint density at radius 3 is 3.00 bits per heavy atom. The minimum Gasteiger partial charge on any atom is -0.468 e. The van der Waals surface area contributed by atoms with Crippen LogP contribution in [0.25, 0.3) is 0 Å². The van der Waals surface area contributed by atoms with Crippen molar-refractivity contribution in [3.05, 3.63) is 34.9 Å². The summed E-state index contributed by atoms with van der Waals surface area (Å²) in [4.78, 5) is 11.3. The molecule has 0 spiro atoms. The van der Waals surface area contributed by atoms with Gasteiger partial charge in [0.1, 0.15) is 6.04 Å². The summed E-state index contributed by atoms with van der Waals surface area (Å²) in [5.41, 5.74) is 1.12. The first-order valence-electron chi connectivity index (χ1n) is 5.30. The summed E-state index contributed by atoms with van der Waals surface area (Å²) in [7, 11) is 1.41. The third kappa shape index (κ3) is 2.36. The molecule has 0 aliphatic carbocycles. The number of nitrogens with one attached hydrogen (secondary N) is 1. The van der Waals surface area contributed by atoms with E-state index in [0.29, 0.717) is 0 Å². The molecule has 1 aliphatic rings. The number of benzene rings is 1. The monoisotopic (exact) mass is 239 g/mol. The number of carbonyl (C=O) groups is 1. The van der Waals surface area contributed by atoms with Gasteiger partial charge in [-0.25, -0.2) is 0 Å². The summed E-state index contributed by atoms with van der Waals surface area (Å²) in [5.74, 6) is -0.190. The van der Waals surface area contributed by atoms with E-state index in [1.165, 1.54) is 7.11 Å². The Morgan fingerprint density at radius 1 is 1.50 bits per heavy atom. The predicted molar refractivity (Wildman–Crippen MR) is 62.4 cm³/mol. The number of rotatable bonds is 2. The number of hydrogen-bond acceptors (Lipinski definition) is 3. The largest absolute Gasteiger partial charge is 0.468 e. The maximum Gasteiger partial charge on any atom is 0.322 e. The second-order valence-electron chi connectivity index (χ2n) is 3.93. The molecule has 1 aromatic carbocycles. The summed E-state index contributed by atoms with van der Waals surface area (Å²) >= 11 is 5.93. The van der Waals surface area contributed by atoms with Crippen LogP contribution in [0.2, 0.25) is 5.02 Å². The minimum absolute atomic E-state index is 0.186. The lowest BCUT2D eigenvalue weighted by Gasteiger charge is -2.13. The minimum atomic E-state index is -0.190. The lowest BCUT2D eigenvalue weighted by atomic mass is 10.1. The Kier molecular flexibility index (Phi) is 3.46. The van der Waals surface area contributed by atoms with E-state index in [9.17, 15) is 4.79 Å². The molecule has 2 atom stereocenters. The van der Waals surface area contributed by atoms with Crippen LogP contribution in [0.1, 0.15) is 24.4 Å². The first kappa shape index (κ1) is 11.4. The average molecular weight is 240 g/mol. The Balaban J connectivity index is 2.06. The van der Waals surface area contributed by atoms with Crippen LogP contribution in [0.4, 0.5) is 0 Å². The quantitative estimate of drug-likeness (QED) is 0.805. The van der Waals surface area contributed by atoms with E-state index in [1.54, 1.807) is 0 Å². The van der Waals surface area contributed by atoms with E-state index in [2.05, 4.69) is 5.32 Å². The highest BCUT2D eigenvalue weighted by Crippen LogP contribution is 2.28. The van der Waals surface area contributed by atoms with Gasteiger partial charge in [0.2, 0.25) is 0 Å². The van der Waals surface area contributed by atoms with Gasteiger partial charge in [-0.15, -0.1) is 0 Å². The van der Waals surface area contributed by atoms with E-state index in [0.717, 1.165) is 23.4 Å². The van der Waals surface area contributed by atoms with Gasteiger partial charge in [-0.3, -0.25) is 10.1 Å². The summed E-state index contributed by atoms with van der Waals surface area (Å²) < 4.78 is 4.71. The van der Waals surface area contributed by atoms with Crippen LogP contribution in [-0.2, 0) is 9.53 Å². The molecule has 0 amide bonds. The van der Waals surface area contributed by atoms with Crippen LogP contribution in [0.5, 0.6) is 0 Å². The van der Waals surface area contributed by atoms with Crippen molar-refractivity contribution in [3.63, 3.8) is 0 Å².